The zero-order valence-electron chi connectivity index (χ0n) is 14.6. The highest BCUT2D eigenvalue weighted by atomic mass is 32.2. The molecule has 1 N–H and O–H groups in total. The topological polar surface area (TPSA) is 83.6 Å². The molecule has 21 heavy (non-hydrogen) atoms. The van der Waals surface area contributed by atoms with E-state index in [0.29, 0.717) is 0 Å². The van der Waals surface area contributed by atoms with Crippen LogP contribution >= 0.6 is 0 Å². The summed E-state index contributed by atoms with van der Waals surface area (Å²) in [6.45, 7) is 14.3. The molecule has 128 valence electrons. The summed E-state index contributed by atoms with van der Waals surface area (Å²) in [7, 11) is -7.42. The fourth-order valence-corrected chi connectivity index (χ4v) is 5.54. The molecule has 0 aliphatic carbocycles. The molecule has 0 aromatic rings. The first-order chi connectivity index (χ1) is 8.80. The van der Waals surface area contributed by atoms with E-state index < -0.39 is 37.0 Å². The Morgan fingerprint density at radius 1 is 0.857 bits per heavy atom. The number of sulfonamides is 2. The van der Waals surface area contributed by atoms with Crippen molar-refractivity contribution in [2.24, 2.45) is 5.41 Å². The molecule has 0 aromatic carbocycles. The molecule has 0 aromatic heterocycles. The van der Waals surface area contributed by atoms with Crippen LogP contribution in [0.25, 0.3) is 0 Å². The first-order valence-electron chi connectivity index (χ1n) is 6.79. The third kappa shape index (κ3) is 6.22. The monoisotopic (exact) mass is 342 g/mol. The van der Waals surface area contributed by atoms with Gasteiger partial charge in [0, 0.05) is 11.1 Å². The van der Waals surface area contributed by atoms with Crippen molar-refractivity contribution in [3.8, 4) is 0 Å². The molecule has 0 amide bonds. The molecule has 0 spiro atoms. The fourth-order valence-electron chi connectivity index (χ4n) is 1.52. The van der Waals surface area contributed by atoms with Crippen LogP contribution in [-0.2, 0) is 20.0 Å². The van der Waals surface area contributed by atoms with Crippen molar-refractivity contribution in [1.82, 2.24) is 9.03 Å². The summed E-state index contributed by atoms with van der Waals surface area (Å²) in [4.78, 5) is 0. The van der Waals surface area contributed by atoms with Crippen LogP contribution in [0.5, 0.6) is 0 Å². The Balaban J connectivity index is 5.48. The van der Waals surface area contributed by atoms with Gasteiger partial charge in [0.25, 0.3) is 0 Å². The van der Waals surface area contributed by atoms with Gasteiger partial charge < -0.3 is 0 Å². The van der Waals surface area contributed by atoms with E-state index in [2.05, 4.69) is 4.72 Å². The van der Waals surface area contributed by atoms with Gasteiger partial charge in [-0.05, 0) is 40.0 Å². The van der Waals surface area contributed by atoms with Gasteiger partial charge in [0.1, 0.15) is 5.88 Å². The van der Waals surface area contributed by atoms with Crippen LogP contribution in [0.4, 0.5) is 0 Å². The number of rotatable bonds is 5. The van der Waals surface area contributed by atoms with Gasteiger partial charge in [-0.3, -0.25) is 0 Å². The van der Waals surface area contributed by atoms with Crippen LogP contribution in [0.2, 0.25) is 0 Å². The lowest BCUT2D eigenvalue weighted by Gasteiger charge is -2.40. The quantitative estimate of drug-likeness (QED) is 0.825. The van der Waals surface area contributed by atoms with Gasteiger partial charge in [0.15, 0.2) is 0 Å². The summed E-state index contributed by atoms with van der Waals surface area (Å²) in [6, 6.07) is 0. The third-order valence-electron chi connectivity index (χ3n) is 3.72. The Labute approximate surface area is 130 Å². The van der Waals surface area contributed by atoms with Crippen LogP contribution in [-0.4, -0.2) is 44.4 Å². The van der Waals surface area contributed by atoms with Crippen molar-refractivity contribution in [1.29, 1.82) is 0 Å². The lowest BCUT2D eigenvalue weighted by atomic mass is 9.77. The average molecular weight is 343 g/mol. The molecule has 0 saturated heterocycles. The molecule has 0 aliphatic rings. The minimum atomic E-state index is -3.79. The van der Waals surface area contributed by atoms with Gasteiger partial charge in [-0.2, -0.15) is 4.31 Å². The van der Waals surface area contributed by atoms with Crippen molar-refractivity contribution < 1.29 is 16.8 Å². The smallest absolute Gasteiger partial charge is 0.212 e. The van der Waals surface area contributed by atoms with Crippen LogP contribution in [0.15, 0.2) is 0 Å². The first kappa shape index (κ1) is 20.8. The van der Waals surface area contributed by atoms with Crippen molar-refractivity contribution in [3.05, 3.63) is 0 Å². The molecule has 0 unspecified atom stereocenters. The van der Waals surface area contributed by atoms with E-state index in [4.69, 9.17) is 0 Å². The highest BCUT2D eigenvalue weighted by Crippen LogP contribution is 2.30. The standard InChI is InChI=1S/C13H30N2O4S2/c1-11(2,3)13(7,8)14-21(18,19)10-15(12(4,5)6)20(9,16)17/h14H,10H2,1-9H3. The molecule has 8 heteroatoms. The maximum absolute atomic E-state index is 12.4. The van der Waals surface area contributed by atoms with E-state index >= 15 is 0 Å². The molecule has 0 aliphatic heterocycles. The second-order valence-electron chi connectivity index (χ2n) is 8.00. The molecule has 0 saturated carbocycles. The highest BCUT2D eigenvalue weighted by Gasteiger charge is 2.39. The molecule has 0 radical (unpaired) electrons. The zero-order chi connectivity index (χ0) is 17.5. The number of hydrogen-bond acceptors (Lipinski definition) is 4. The Bertz CT molecular complexity index is 564. The lowest BCUT2D eigenvalue weighted by molar-refractivity contribution is 0.205. The lowest BCUT2D eigenvalue weighted by Crippen LogP contribution is -2.56. The number of nitrogens with one attached hydrogen (secondary N) is 1. The molecule has 0 bridgehead atoms. The molecule has 0 rings (SSSR count). The third-order valence-corrected chi connectivity index (χ3v) is 6.78. The largest absolute Gasteiger partial charge is 0.226 e. The summed E-state index contributed by atoms with van der Waals surface area (Å²) in [5, 5.41) is 0. The van der Waals surface area contributed by atoms with Crippen LogP contribution < -0.4 is 4.72 Å². The second-order valence-corrected chi connectivity index (χ2v) is 11.6. The normalized spacial score (nSPS) is 15.5. The van der Waals surface area contributed by atoms with E-state index in [0.717, 1.165) is 10.6 Å². The predicted octanol–water partition coefficient (Wildman–Crippen LogP) is 1.75. The van der Waals surface area contributed by atoms with Gasteiger partial charge in [-0.25, -0.2) is 21.6 Å². The van der Waals surface area contributed by atoms with E-state index in [1.165, 1.54) is 0 Å². The molecular formula is C13H30N2O4S2. The molecule has 0 fully saturated rings. The Morgan fingerprint density at radius 3 is 1.48 bits per heavy atom. The highest BCUT2D eigenvalue weighted by molar-refractivity contribution is 7.92. The van der Waals surface area contributed by atoms with E-state index in [1.807, 2.05) is 20.8 Å². The van der Waals surface area contributed by atoms with Gasteiger partial charge in [0.05, 0.1) is 6.26 Å². The van der Waals surface area contributed by atoms with Crippen LogP contribution in [0.1, 0.15) is 55.4 Å². The molecule has 0 heterocycles. The minimum absolute atomic E-state index is 0.308. The SMILES string of the molecule is CC(C)(C)N(CS(=O)(=O)NC(C)(C)C(C)(C)C)S(C)(=O)=O. The minimum Gasteiger partial charge on any atom is -0.212 e. The first-order valence-corrected chi connectivity index (χ1v) is 10.3. The molecule has 0 atom stereocenters. The summed E-state index contributed by atoms with van der Waals surface area (Å²) >= 11 is 0. The van der Waals surface area contributed by atoms with Crippen molar-refractivity contribution in [3.63, 3.8) is 0 Å². The van der Waals surface area contributed by atoms with E-state index in [-0.39, 0.29) is 5.41 Å². The average Bonchev–Trinajstić information content (AvgIpc) is 2.06. The van der Waals surface area contributed by atoms with Gasteiger partial charge in [-0.1, -0.05) is 20.8 Å². The van der Waals surface area contributed by atoms with Crippen molar-refractivity contribution >= 4 is 20.0 Å². The zero-order valence-corrected chi connectivity index (χ0v) is 16.2. The second kappa shape index (κ2) is 5.79. The van der Waals surface area contributed by atoms with Crippen LogP contribution in [0, 0.1) is 5.41 Å². The predicted molar refractivity (Wildman–Crippen MR) is 86.9 cm³/mol. The van der Waals surface area contributed by atoms with Gasteiger partial charge in [0.2, 0.25) is 20.0 Å². The Morgan fingerprint density at radius 2 is 1.24 bits per heavy atom. The number of hydrogen-bond donors (Lipinski definition) is 1. The number of nitrogens with zero attached hydrogens (tertiary/aromatic N) is 1. The summed E-state index contributed by atoms with van der Waals surface area (Å²) in [5.41, 5.74) is -1.82. The van der Waals surface area contributed by atoms with Crippen molar-refractivity contribution in [2.75, 3.05) is 12.1 Å². The fraction of sp³-hybridized carbons (Fsp3) is 1.00. The molecule has 6 nitrogen and oxygen atoms in total. The Kier molecular flexibility index (Phi) is 5.74. The Hall–Kier alpha value is -0.180. The summed E-state index contributed by atoms with van der Waals surface area (Å²) in [6.07, 6.45) is 1.02. The maximum atomic E-state index is 12.4. The maximum Gasteiger partial charge on any atom is 0.226 e. The van der Waals surface area contributed by atoms with Gasteiger partial charge in [-0.15, -0.1) is 0 Å². The summed E-state index contributed by atoms with van der Waals surface area (Å²) in [5.74, 6) is -0.588. The van der Waals surface area contributed by atoms with E-state index in [1.54, 1.807) is 34.6 Å². The molecular weight excluding hydrogens is 312 g/mol. The van der Waals surface area contributed by atoms with Gasteiger partial charge >= 0.3 is 0 Å². The van der Waals surface area contributed by atoms with Crippen molar-refractivity contribution in [2.45, 2.75) is 66.5 Å². The van der Waals surface area contributed by atoms with E-state index in [9.17, 15) is 16.8 Å². The van der Waals surface area contributed by atoms with Crippen LogP contribution in [0.3, 0.4) is 0 Å². The summed E-state index contributed by atoms with van der Waals surface area (Å²) < 4.78 is 52.1.